The van der Waals surface area contributed by atoms with Crippen LogP contribution in [-0.4, -0.2) is 133 Å². The highest BCUT2D eigenvalue weighted by atomic mass is 35.5. The summed E-state index contributed by atoms with van der Waals surface area (Å²) in [4.78, 5) is 83.0. The molecule has 1 saturated heterocycles. The zero-order valence-corrected chi connectivity index (χ0v) is 37.9. The van der Waals surface area contributed by atoms with E-state index in [1.165, 1.54) is 23.1 Å². The number of imide groups is 2. The number of piperidine rings is 1. The topological polar surface area (TPSA) is 219 Å². The molecule has 0 bridgehead atoms. The van der Waals surface area contributed by atoms with Gasteiger partial charge in [-0.15, -0.1) is 21.5 Å². The minimum atomic E-state index is -1.10. The Hall–Kier alpha value is -5.70. The van der Waals surface area contributed by atoms with E-state index in [1.54, 1.807) is 11.3 Å². The number of nitrogens with zero attached hydrogens (tertiary/aromatic N) is 5. The first-order valence-corrected chi connectivity index (χ1v) is 22.6. The number of ketones is 1. The summed E-state index contributed by atoms with van der Waals surface area (Å²) in [5.74, 6) is -1.52. The highest BCUT2D eigenvalue weighted by molar-refractivity contribution is 7.15. The van der Waals surface area contributed by atoms with Crippen molar-refractivity contribution in [1.82, 2.24) is 30.3 Å². The second-order valence-electron chi connectivity index (χ2n) is 15.5. The number of aromatic nitrogens is 3. The van der Waals surface area contributed by atoms with E-state index in [2.05, 4.69) is 34.7 Å². The van der Waals surface area contributed by atoms with E-state index in [0.29, 0.717) is 76.7 Å². The molecule has 2 N–H and O–H groups in total. The summed E-state index contributed by atoms with van der Waals surface area (Å²) in [6.45, 7) is 8.82. The van der Waals surface area contributed by atoms with Crippen molar-refractivity contribution in [3.05, 3.63) is 91.8 Å². The van der Waals surface area contributed by atoms with Crippen molar-refractivity contribution >= 4 is 64.0 Å². The Balaban J connectivity index is 0.717. The molecule has 1 unspecified atom stereocenters. The number of fused-ring (bicyclic) bond motifs is 4. The molecule has 344 valence electrons. The number of benzene rings is 2. The zero-order chi connectivity index (χ0) is 46.0. The fraction of sp³-hybridized carbons (Fsp3) is 0.444. The van der Waals surface area contributed by atoms with Gasteiger partial charge in [0.05, 0.1) is 69.5 Å². The molecule has 4 aromatic rings. The van der Waals surface area contributed by atoms with Crippen molar-refractivity contribution in [3.8, 4) is 10.8 Å². The number of hydrogen-bond donors (Lipinski definition) is 2. The van der Waals surface area contributed by atoms with Gasteiger partial charge in [-0.2, -0.15) is 0 Å². The van der Waals surface area contributed by atoms with Crippen molar-refractivity contribution in [1.29, 1.82) is 0 Å². The second-order valence-corrected chi connectivity index (χ2v) is 17.1. The van der Waals surface area contributed by atoms with Gasteiger partial charge in [0.15, 0.2) is 11.6 Å². The Labute approximate surface area is 384 Å². The number of rotatable bonds is 23. The van der Waals surface area contributed by atoms with Crippen LogP contribution in [0.15, 0.2) is 47.5 Å². The Morgan fingerprint density at radius 3 is 2.26 bits per heavy atom. The fourth-order valence-corrected chi connectivity index (χ4v) is 8.95. The molecule has 0 spiro atoms. The highest BCUT2D eigenvalue weighted by Gasteiger charge is 2.46. The molecule has 3 aliphatic rings. The Kier molecular flexibility index (Phi) is 16.0. The van der Waals surface area contributed by atoms with Gasteiger partial charge in [0, 0.05) is 47.0 Å². The molecule has 20 heteroatoms. The number of Topliss-reactive ketones (excluding diaryl/α,β-unsaturated/α-hetero) is 1. The number of halogens is 1. The van der Waals surface area contributed by atoms with Crippen LogP contribution in [-0.2, 0) is 38.1 Å². The Morgan fingerprint density at radius 2 is 1.55 bits per heavy atom. The number of nitrogens with one attached hydrogen (secondary N) is 2. The zero-order valence-electron chi connectivity index (χ0n) is 36.3. The van der Waals surface area contributed by atoms with E-state index in [-0.39, 0.29) is 60.9 Å². The molecule has 1 fully saturated rings. The van der Waals surface area contributed by atoms with Gasteiger partial charge < -0.3 is 29.0 Å². The van der Waals surface area contributed by atoms with E-state index < -0.39 is 35.7 Å². The molecule has 5 amide bonds. The minimum absolute atomic E-state index is 0.00979. The van der Waals surface area contributed by atoms with E-state index in [1.807, 2.05) is 35.8 Å². The molecule has 2 aromatic carbocycles. The van der Waals surface area contributed by atoms with E-state index in [9.17, 15) is 28.8 Å². The molecule has 0 radical (unpaired) electrons. The summed E-state index contributed by atoms with van der Waals surface area (Å²) in [6.07, 6.45) is 0.752. The van der Waals surface area contributed by atoms with Crippen LogP contribution >= 0.6 is 22.9 Å². The summed E-state index contributed by atoms with van der Waals surface area (Å²) in [7, 11) is 0. The van der Waals surface area contributed by atoms with Crippen molar-refractivity contribution in [2.75, 3.05) is 66.0 Å². The summed E-state index contributed by atoms with van der Waals surface area (Å²) in [5.41, 5.74) is 3.87. The molecule has 18 nitrogen and oxygen atoms in total. The second kappa shape index (κ2) is 22.0. The Morgan fingerprint density at radius 1 is 0.862 bits per heavy atom. The predicted octanol–water partition coefficient (Wildman–Crippen LogP) is 4.20. The van der Waals surface area contributed by atoms with Crippen LogP contribution < -0.4 is 15.4 Å². The monoisotopic (exact) mass is 931 g/mol. The van der Waals surface area contributed by atoms with Gasteiger partial charge in [0.1, 0.15) is 35.3 Å². The van der Waals surface area contributed by atoms with Crippen LogP contribution in [0.4, 0.5) is 0 Å². The number of hydrogen-bond acceptors (Lipinski definition) is 15. The summed E-state index contributed by atoms with van der Waals surface area (Å²) < 4.78 is 30.0. The van der Waals surface area contributed by atoms with Crippen LogP contribution in [0.3, 0.4) is 0 Å². The number of carbonyl (C=O) groups is 6. The quantitative estimate of drug-likeness (QED) is 0.0788. The highest BCUT2D eigenvalue weighted by Crippen LogP contribution is 2.40. The molecule has 0 saturated carbocycles. The SMILES string of the molecule is Cc1sc2c(c1C)C(c1ccc(Cl)cc1)=N[C@@H](CC(=O)NCCOCCOCCOCCOCCCC(=O)COc1cccc3c1C(=O)N(C1CCC(=O)NC1=O)C3=O)c1nnc(C)n1-2. The summed E-state index contributed by atoms with van der Waals surface area (Å²) >= 11 is 7.87. The number of thiophene rings is 1. The van der Waals surface area contributed by atoms with E-state index in [0.717, 1.165) is 38.1 Å². The summed E-state index contributed by atoms with van der Waals surface area (Å²) in [5, 5.41) is 15.5. The minimum Gasteiger partial charge on any atom is -0.485 e. The smallest absolute Gasteiger partial charge is 0.266 e. The number of ether oxygens (including phenoxy) is 5. The normalized spacial score (nSPS) is 16.7. The van der Waals surface area contributed by atoms with Crippen molar-refractivity contribution < 1.29 is 52.5 Å². The third kappa shape index (κ3) is 11.2. The average Bonchev–Trinajstić information content (AvgIpc) is 3.86. The lowest BCUT2D eigenvalue weighted by atomic mass is 9.99. The predicted molar refractivity (Wildman–Crippen MR) is 237 cm³/mol. The molecule has 65 heavy (non-hydrogen) atoms. The number of aryl methyl sites for hydroxylation is 2. The van der Waals surface area contributed by atoms with Crippen LogP contribution in [0.5, 0.6) is 5.75 Å². The van der Waals surface area contributed by atoms with Crippen LogP contribution in [0.2, 0.25) is 5.02 Å². The molecule has 5 heterocycles. The van der Waals surface area contributed by atoms with Crippen LogP contribution in [0.25, 0.3) is 5.00 Å². The van der Waals surface area contributed by atoms with Crippen molar-refractivity contribution in [2.24, 2.45) is 4.99 Å². The van der Waals surface area contributed by atoms with Gasteiger partial charge in [-0.1, -0.05) is 29.8 Å². The maximum absolute atomic E-state index is 13.2. The maximum Gasteiger partial charge on any atom is 0.266 e. The first-order valence-electron chi connectivity index (χ1n) is 21.4. The first-order chi connectivity index (χ1) is 31.4. The van der Waals surface area contributed by atoms with Crippen LogP contribution in [0.1, 0.15) is 92.1 Å². The third-order valence-corrected chi connectivity index (χ3v) is 12.4. The average molecular weight is 932 g/mol. The largest absolute Gasteiger partial charge is 0.485 e. The lowest BCUT2D eigenvalue weighted by molar-refractivity contribution is -0.136. The molecule has 7 rings (SSSR count). The first kappa shape index (κ1) is 47.3. The summed E-state index contributed by atoms with van der Waals surface area (Å²) in [6, 6.07) is 10.4. The molecular weight excluding hydrogens is 882 g/mol. The molecule has 2 atom stereocenters. The Bertz CT molecular complexity index is 2470. The maximum atomic E-state index is 13.2. The standard InChI is InChI=1S/C45H50ClN7O11S/c1-26-27(2)65-45-38(26)40(29-9-11-30(46)12-10-29)48-33(41-51-50-28(3)52(41)45)24-37(56)47-15-17-61-19-21-63-23-22-62-20-18-60-16-5-6-31(54)25-64-35-8-4-7-32-39(35)44(59)53(43(32)58)34-13-14-36(55)49-42(34)57/h4,7-12,33-34H,5-6,13-25H2,1-3H3,(H,47,56)(H,49,55,57)/t33-,34?/m0/s1. The van der Waals surface area contributed by atoms with Crippen molar-refractivity contribution in [3.63, 3.8) is 0 Å². The molecule has 2 aromatic heterocycles. The molecule has 3 aliphatic heterocycles. The van der Waals surface area contributed by atoms with Crippen molar-refractivity contribution in [2.45, 2.75) is 65.0 Å². The van der Waals surface area contributed by atoms with Gasteiger partial charge in [0.2, 0.25) is 17.7 Å². The number of carbonyl (C=O) groups excluding carboxylic acids is 6. The van der Waals surface area contributed by atoms with Gasteiger partial charge in [-0.3, -0.25) is 48.5 Å². The fourth-order valence-electron chi connectivity index (χ4n) is 7.61. The number of aliphatic imine (C=N–C) groups is 1. The molecule has 0 aliphatic carbocycles. The lowest BCUT2D eigenvalue weighted by Gasteiger charge is -2.27. The van der Waals surface area contributed by atoms with Gasteiger partial charge in [-0.25, -0.2) is 0 Å². The van der Waals surface area contributed by atoms with Gasteiger partial charge >= 0.3 is 0 Å². The van der Waals surface area contributed by atoms with Crippen LogP contribution in [0, 0.1) is 20.8 Å². The third-order valence-electron chi connectivity index (χ3n) is 11.0. The van der Waals surface area contributed by atoms with Gasteiger partial charge in [0.25, 0.3) is 11.8 Å². The molecular formula is C45H50ClN7O11S. The van der Waals surface area contributed by atoms with Gasteiger partial charge in [-0.05, 0) is 63.4 Å². The lowest BCUT2D eigenvalue weighted by Crippen LogP contribution is -2.54. The number of amides is 5. The van der Waals surface area contributed by atoms with E-state index in [4.69, 9.17) is 40.3 Å². The van der Waals surface area contributed by atoms with E-state index >= 15 is 0 Å².